The molecule has 1 aliphatic rings. The monoisotopic (exact) mass is 182 g/mol. The van der Waals surface area contributed by atoms with Gasteiger partial charge in [0.05, 0.1) is 12.7 Å². The molecule has 1 aliphatic carbocycles. The molecule has 0 saturated heterocycles. The Bertz CT molecular complexity index is 341. The van der Waals surface area contributed by atoms with Crippen LogP contribution in [0.15, 0.2) is 16.7 Å². The van der Waals surface area contributed by atoms with E-state index >= 15 is 0 Å². The third-order valence-corrected chi connectivity index (χ3v) is 2.42. The van der Waals surface area contributed by atoms with Gasteiger partial charge >= 0.3 is 5.97 Å². The third kappa shape index (κ3) is 1.23. The van der Waals surface area contributed by atoms with Gasteiger partial charge in [0.2, 0.25) is 0 Å². The highest BCUT2D eigenvalue weighted by Crippen LogP contribution is 2.39. The molecule has 13 heavy (non-hydrogen) atoms. The number of aryl methyl sites for hydroxylation is 1. The van der Waals surface area contributed by atoms with Crippen LogP contribution in [0.2, 0.25) is 0 Å². The normalized spacial score (nSPS) is 25.9. The molecule has 4 nitrogen and oxygen atoms in total. The Morgan fingerprint density at radius 2 is 2.46 bits per heavy atom. The molecule has 0 fully saturated rings. The van der Waals surface area contributed by atoms with Gasteiger partial charge in [-0.05, 0) is 24.5 Å². The van der Waals surface area contributed by atoms with Crippen LogP contribution in [0.25, 0.3) is 0 Å². The lowest BCUT2D eigenvalue weighted by atomic mass is 9.98. The lowest BCUT2D eigenvalue weighted by Gasteiger charge is -2.18. The van der Waals surface area contributed by atoms with Crippen LogP contribution in [0.3, 0.4) is 0 Å². The van der Waals surface area contributed by atoms with Crippen molar-refractivity contribution in [1.82, 2.24) is 0 Å². The molecule has 0 radical (unpaired) electrons. The molecule has 0 amide bonds. The van der Waals surface area contributed by atoms with Gasteiger partial charge in [-0.3, -0.25) is 4.79 Å². The van der Waals surface area contributed by atoms with Crippen molar-refractivity contribution in [3.8, 4) is 0 Å². The van der Waals surface area contributed by atoms with Crippen LogP contribution in [0, 0.1) is 0 Å². The Kier molecular flexibility index (Phi) is 1.66. The summed E-state index contributed by atoms with van der Waals surface area (Å²) >= 11 is 0. The van der Waals surface area contributed by atoms with Gasteiger partial charge in [0.1, 0.15) is 11.4 Å². The molecule has 70 valence electrons. The topological polar surface area (TPSA) is 70.7 Å². The first-order valence-electron chi connectivity index (χ1n) is 4.13. The van der Waals surface area contributed by atoms with E-state index in [0.717, 1.165) is 5.56 Å². The van der Waals surface area contributed by atoms with E-state index in [1.807, 2.05) is 0 Å². The molecule has 1 unspecified atom stereocenters. The van der Waals surface area contributed by atoms with Gasteiger partial charge in [0, 0.05) is 0 Å². The number of carboxylic acid groups (broad SMARTS) is 1. The van der Waals surface area contributed by atoms with E-state index in [-0.39, 0.29) is 6.42 Å². The fourth-order valence-corrected chi connectivity index (χ4v) is 1.81. The predicted molar refractivity (Wildman–Crippen MR) is 43.2 cm³/mol. The summed E-state index contributed by atoms with van der Waals surface area (Å²) in [6, 6.07) is 1.77. The molecule has 0 saturated carbocycles. The van der Waals surface area contributed by atoms with Gasteiger partial charge in [-0.1, -0.05) is 0 Å². The summed E-state index contributed by atoms with van der Waals surface area (Å²) in [4.78, 5) is 10.5. The Hall–Kier alpha value is -1.29. The smallest absolute Gasteiger partial charge is 0.306 e. The van der Waals surface area contributed by atoms with Crippen LogP contribution in [0.1, 0.15) is 24.2 Å². The number of aliphatic carboxylic acids is 1. The number of carbonyl (C=O) groups is 1. The zero-order chi connectivity index (χ0) is 9.47. The van der Waals surface area contributed by atoms with Crippen molar-refractivity contribution in [2.24, 2.45) is 0 Å². The summed E-state index contributed by atoms with van der Waals surface area (Å²) in [7, 11) is 0. The van der Waals surface area contributed by atoms with E-state index in [9.17, 15) is 9.90 Å². The maximum absolute atomic E-state index is 10.5. The predicted octanol–water partition coefficient (Wildman–Crippen LogP) is 0.888. The molecule has 2 N–H and O–H groups in total. The van der Waals surface area contributed by atoms with Crippen molar-refractivity contribution >= 4 is 5.97 Å². The number of fused-ring (bicyclic) bond motifs is 1. The van der Waals surface area contributed by atoms with Crippen molar-refractivity contribution in [3.63, 3.8) is 0 Å². The van der Waals surface area contributed by atoms with Crippen LogP contribution in [0.4, 0.5) is 0 Å². The van der Waals surface area contributed by atoms with Gasteiger partial charge in [-0.2, -0.15) is 0 Å². The lowest BCUT2D eigenvalue weighted by Crippen LogP contribution is -2.25. The average molecular weight is 182 g/mol. The number of hydrogen-bond acceptors (Lipinski definition) is 3. The molecule has 4 heteroatoms. The quantitative estimate of drug-likeness (QED) is 0.712. The van der Waals surface area contributed by atoms with Gasteiger partial charge in [-0.15, -0.1) is 0 Å². The standard InChI is InChI=1S/C9H10O4/c10-7(11)5-9(12)3-1-6-2-4-13-8(6)9/h2,4,12H,1,3,5H2,(H,10,11). The molecule has 0 aromatic carbocycles. The molecule has 0 bridgehead atoms. The molecule has 1 aromatic heterocycles. The number of hydrogen-bond donors (Lipinski definition) is 2. The number of aliphatic hydroxyl groups is 1. The second-order valence-corrected chi connectivity index (χ2v) is 3.38. The second-order valence-electron chi connectivity index (χ2n) is 3.38. The van der Waals surface area contributed by atoms with Crippen LogP contribution in [-0.2, 0) is 16.8 Å². The summed E-state index contributed by atoms with van der Waals surface area (Å²) in [6.45, 7) is 0. The molecule has 2 rings (SSSR count). The third-order valence-electron chi connectivity index (χ3n) is 2.42. The molecule has 1 atom stereocenters. The van der Waals surface area contributed by atoms with Crippen molar-refractivity contribution in [1.29, 1.82) is 0 Å². The van der Waals surface area contributed by atoms with Crippen molar-refractivity contribution in [3.05, 3.63) is 23.7 Å². The van der Waals surface area contributed by atoms with E-state index in [0.29, 0.717) is 18.6 Å². The number of rotatable bonds is 2. The molecule has 1 aromatic rings. The Balaban J connectivity index is 2.32. The molecule has 0 aliphatic heterocycles. The highest BCUT2D eigenvalue weighted by molar-refractivity contribution is 5.68. The van der Waals surface area contributed by atoms with Crippen LogP contribution >= 0.6 is 0 Å². The lowest BCUT2D eigenvalue weighted by molar-refractivity contribution is -0.143. The summed E-state index contributed by atoms with van der Waals surface area (Å²) in [6.07, 6.45) is 2.33. The van der Waals surface area contributed by atoms with Crippen molar-refractivity contribution < 1.29 is 19.4 Å². The molecule has 1 heterocycles. The van der Waals surface area contributed by atoms with Gasteiger partial charge in [0.25, 0.3) is 0 Å². The minimum atomic E-state index is -1.29. The summed E-state index contributed by atoms with van der Waals surface area (Å²) in [5.41, 5.74) is -0.367. The SMILES string of the molecule is O=C(O)CC1(O)CCc2ccoc21. The summed E-state index contributed by atoms with van der Waals surface area (Å²) in [5, 5.41) is 18.5. The van der Waals surface area contributed by atoms with E-state index in [1.165, 1.54) is 6.26 Å². The Labute approximate surface area is 74.8 Å². The number of carboxylic acids is 1. The maximum Gasteiger partial charge on any atom is 0.306 e. The van der Waals surface area contributed by atoms with Gasteiger partial charge in [-0.25, -0.2) is 0 Å². The minimum absolute atomic E-state index is 0.284. The Morgan fingerprint density at radius 3 is 3.15 bits per heavy atom. The average Bonchev–Trinajstić information content (AvgIpc) is 2.54. The van der Waals surface area contributed by atoms with Crippen LogP contribution in [-0.4, -0.2) is 16.2 Å². The molecular weight excluding hydrogens is 172 g/mol. The van der Waals surface area contributed by atoms with Gasteiger partial charge < -0.3 is 14.6 Å². The maximum atomic E-state index is 10.5. The van der Waals surface area contributed by atoms with Crippen molar-refractivity contribution in [2.75, 3.05) is 0 Å². The van der Waals surface area contributed by atoms with Crippen LogP contribution in [0.5, 0.6) is 0 Å². The Morgan fingerprint density at radius 1 is 1.69 bits per heavy atom. The second kappa shape index (κ2) is 2.60. The molecular formula is C9H10O4. The van der Waals surface area contributed by atoms with Crippen LogP contribution < -0.4 is 0 Å². The first-order chi connectivity index (χ1) is 6.12. The molecule has 0 spiro atoms. The largest absolute Gasteiger partial charge is 0.481 e. The number of furan rings is 1. The van der Waals surface area contributed by atoms with Crippen molar-refractivity contribution in [2.45, 2.75) is 24.9 Å². The van der Waals surface area contributed by atoms with E-state index < -0.39 is 11.6 Å². The van der Waals surface area contributed by atoms with E-state index in [1.54, 1.807) is 6.07 Å². The minimum Gasteiger partial charge on any atom is -0.481 e. The highest BCUT2D eigenvalue weighted by Gasteiger charge is 2.41. The van der Waals surface area contributed by atoms with E-state index in [4.69, 9.17) is 9.52 Å². The first-order valence-corrected chi connectivity index (χ1v) is 4.13. The highest BCUT2D eigenvalue weighted by atomic mass is 16.4. The van der Waals surface area contributed by atoms with Gasteiger partial charge in [0.15, 0.2) is 0 Å². The van der Waals surface area contributed by atoms with E-state index in [2.05, 4.69) is 0 Å². The summed E-state index contributed by atoms with van der Waals surface area (Å²) in [5.74, 6) is -0.582. The fraction of sp³-hybridized carbons (Fsp3) is 0.444. The first kappa shape index (κ1) is 8.31. The summed E-state index contributed by atoms with van der Waals surface area (Å²) < 4.78 is 5.08. The fourth-order valence-electron chi connectivity index (χ4n) is 1.81. The zero-order valence-corrected chi connectivity index (χ0v) is 6.99. The zero-order valence-electron chi connectivity index (χ0n) is 6.99.